The average molecular weight is 591 g/mol. The molecule has 3 rings (SSSR count). The number of aromatic nitrogens is 1. The molecule has 6 nitrogen and oxygen atoms in total. The Bertz CT molecular complexity index is 1150. The molecule has 0 saturated heterocycles. The standard InChI is InChI=1S/C18H17Cl2F2IN3O3S/c1-2-29-18-10(3-6-14(21)22)7-23-8-15(25-18)26-30(27,28)13-9-24-17-11(13)4-5-12(19)16(17)20/h4-5,7-9,14,24,26H,2-3,6H2,1H3/q-1. The second-order valence-corrected chi connectivity index (χ2v) is 10.5. The van der Waals surface area contributed by atoms with Crippen LogP contribution < -0.4 is 25.9 Å². The van der Waals surface area contributed by atoms with Gasteiger partial charge in [0.1, 0.15) is 0 Å². The zero-order valence-corrected chi connectivity index (χ0v) is 20.0. The molecule has 0 unspecified atom stereocenters. The van der Waals surface area contributed by atoms with E-state index in [4.69, 9.17) is 27.9 Å². The molecule has 0 atom stereocenters. The molecule has 12 heteroatoms. The van der Waals surface area contributed by atoms with Crippen LogP contribution in [0.2, 0.25) is 10.0 Å². The van der Waals surface area contributed by atoms with E-state index >= 15 is 0 Å². The van der Waals surface area contributed by atoms with Crippen molar-refractivity contribution in [1.29, 1.82) is 0 Å². The van der Waals surface area contributed by atoms with Gasteiger partial charge in [0.15, 0.2) is 0 Å². The van der Waals surface area contributed by atoms with Gasteiger partial charge in [-0.3, -0.25) is 0 Å². The fourth-order valence-electron chi connectivity index (χ4n) is 2.68. The molecular formula is C18H17Cl2F2IN3O3S-. The van der Waals surface area contributed by atoms with Gasteiger partial charge in [0.25, 0.3) is 0 Å². The number of alkyl halides is 2. The molecule has 2 aromatic rings. The van der Waals surface area contributed by atoms with Crippen molar-refractivity contribution in [2.24, 2.45) is 4.99 Å². The van der Waals surface area contributed by atoms with Gasteiger partial charge in [-0.1, -0.05) is 0 Å². The number of nitrogens with zero attached hydrogens (tertiary/aromatic N) is 1. The molecule has 1 aliphatic heterocycles. The van der Waals surface area contributed by atoms with Gasteiger partial charge < -0.3 is 0 Å². The first kappa shape index (κ1) is 23.3. The number of nitrogens with one attached hydrogen (secondary N) is 2. The number of H-pyrrole nitrogens is 1. The van der Waals surface area contributed by atoms with Crippen LogP contribution in [-0.2, 0) is 14.8 Å². The number of hydrogen-bond donors (Lipinski definition) is 2. The van der Waals surface area contributed by atoms with Crippen LogP contribution in [-0.4, -0.2) is 32.3 Å². The number of ether oxygens (including phenoxy) is 1. The van der Waals surface area contributed by atoms with E-state index in [1.165, 1.54) is 12.3 Å². The maximum absolute atomic E-state index is 13.0. The van der Waals surface area contributed by atoms with E-state index in [2.05, 4.69) is 14.7 Å². The van der Waals surface area contributed by atoms with Crippen LogP contribution in [0.3, 0.4) is 0 Å². The predicted octanol–water partition coefficient (Wildman–Crippen LogP) is 2.02. The summed E-state index contributed by atoms with van der Waals surface area (Å²) in [6.45, 7) is 2.01. The van der Waals surface area contributed by atoms with Crippen molar-refractivity contribution in [2.75, 3.05) is 6.61 Å². The van der Waals surface area contributed by atoms with Gasteiger partial charge in [0, 0.05) is 0 Å². The summed E-state index contributed by atoms with van der Waals surface area (Å²) in [7, 11) is -4.01. The number of hydrogen-bond acceptors (Lipinski definition) is 4. The zero-order chi connectivity index (χ0) is 21.9. The predicted molar refractivity (Wildman–Crippen MR) is 109 cm³/mol. The van der Waals surface area contributed by atoms with Crippen LogP contribution in [0.1, 0.15) is 19.8 Å². The molecule has 2 N–H and O–H groups in total. The van der Waals surface area contributed by atoms with E-state index in [1.54, 1.807) is 17.1 Å². The number of aliphatic imine (C=N–C) groups is 1. The maximum atomic E-state index is 13.0. The van der Waals surface area contributed by atoms with Crippen molar-refractivity contribution in [1.82, 2.24) is 9.71 Å². The van der Waals surface area contributed by atoms with Crippen LogP contribution >= 0.6 is 23.2 Å². The Morgan fingerprint density at radius 3 is 2.77 bits per heavy atom. The average Bonchev–Trinajstić information content (AvgIpc) is 3.04. The number of rotatable bonds is 7. The van der Waals surface area contributed by atoms with Crippen molar-refractivity contribution >= 4 is 50.0 Å². The molecule has 0 bridgehead atoms. The van der Waals surface area contributed by atoms with E-state index in [0.717, 1.165) is 0 Å². The third kappa shape index (κ3) is 5.27. The summed E-state index contributed by atoms with van der Waals surface area (Å²) >= 11 is 11.4. The van der Waals surface area contributed by atoms with E-state index < -0.39 is 37.7 Å². The van der Waals surface area contributed by atoms with Gasteiger partial charge in [0.05, 0.1) is 0 Å². The zero-order valence-electron chi connectivity index (χ0n) is 15.6. The molecule has 0 radical (unpaired) electrons. The van der Waals surface area contributed by atoms with Crippen LogP contribution in [0.25, 0.3) is 10.9 Å². The molecule has 0 saturated carbocycles. The first-order valence-electron chi connectivity index (χ1n) is 8.72. The molecule has 0 fully saturated rings. The summed E-state index contributed by atoms with van der Waals surface area (Å²) in [6.07, 6.45) is -1.34. The van der Waals surface area contributed by atoms with Crippen molar-refractivity contribution in [3.8, 4) is 0 Å². The number of sulfonamides is 1. The van der Waals surface area contributed by atoms with Crippen molar-refractivity contribution in [2.45, 2.75) is 31.1 Å². The number of aromatic amines is 1. The second kappa shape index (κ2) is 9.84. The second-order valence-electron chi connectivity index (χ2n) is 6.08. The first-order valence-corrected chi connectivity index (χ1v) is 13.4. The molecule has 164 valence electrons. The van der Waals surface area contributed by atoms with E-state index in [9.17, 15) is 17.2 Å². The van der Waals surface area contributed by atoms with Crippen molar-refractivity contribution in [3.05, 3.63) is 47.9 Å². The van der Waals surface area contributed by atoms with Crippen LogP contribution in [0.5, 0.6) is 0 Å². The molecule has 0 amide bonds. The number of benzene rings is 1. The molecular weight excluding hydrogens is 574 g/mol. The van der Waals surface area contributed by atoms with Crippen LogP contribution in [0.15, 0.2) is 47.8 Å². The fraction of sp³-hybridized carbons (Fsp3) is 0.278. The summed E-state index contributed by atoms with van der Waals surface area (Å²) in [5.41, 5.74) is 0.963. The fourth-order valence-corrected chi connectivity index (χ4v) is 6.26. The quantitative estimate of drug-likeness (QED) is 0.484. The van der Waals surface area contributed by atoms with Crippen molar-refractivity contribution < 1.29 is 43.1 Å². The van der Waals surface area contributed by atoms with Gasteiger partial charge in [-0.15, -0.1) is 0 Å². The molecule has 2 heterocycles. The molecule has 30 heavy (non-hydrogen) atoms. The van der Waals surface area contributed by atoms with Gasteiger partial charge in [-0.05, 0) is 0 Å². The third-order valence-corrected chi connectivity index (χ3v) is 8.27. The molecule has 1 aromatic carbocycles. The molecule has 0 spiro atoms. The Kier molecular flexibility index (Phi) is 7.64. The van der Waals surface area contributed by atoms with Gasteiger partial charge in [-0.2, -0.15) is 0 Å². The van der Waals surface area contributed by atoms with Gasteiger partial charge in [0.2, 0.25) is 0 Å². The minimum absolute atomic E-state index is 0.0153. The summed E-state index contributed by atoms with van der Waals surface area (Å²) in [5, 5.41) is 0.901. The Labute approximate surface area is 192 Å². The normalized spacial score (nSPS) is 15.2. The van der Waals surface area contributed by atoms with Gasteiger partial charge in [-0.25, -0.2) is 0 Å². The Morgan fingerprint density at radius 2 is 2.07 bits per heavy atom. The van der Waals surface area contributed by atoms with E-state index in [0.29, 0.717) is 21.5 Å². The first-order chi connectivity index (χ1) is 14.2. The number of fused-ring (bicyclic) bond motifs is 1. The number of halogens is 5. The summed E-state index contributed by atoms with van der Waals surface area (Å²) in [6, 6.07) is 3.07. The molecule has 1 aliphatic rings. The van der Waals surface area contributed by atoms with E-state index in [-0.39, 0.29) is 41.1 Å². The van der Waals surface area contributed by atoms with Crippen LogP contribution in [0, 0.1) is 0 Å². The van der Waals surface area contributed by atoms with Gasteiger partial charge >= 0.3 is 193 Å². The Morgan fingerprint density at radius 1 is 1.30 bits per heavy atom. The summed E-state index contributed by atoms with van der Waals surface area (Å²) in [5.74, 6) is 0.238. The van der Waals surface area contributed by atoms with Crippen molar-refractivity contribution in [3.63, 3.8) is 0 Å². The monoisotopic (exact) mass is 590 g/mol. The SMILES string of the molecule is CCOC1=NC(NS(=O)(=O)c2c[nH]c3c(Cl)c(Cl)ccc23)=C[I-]C=C1CCC(F)F. The van der Waals surface area contributed by atoms with E-state index in [1.807, 2.05) is 4.08 Å². The summed E-state index contributed by atoms with van der Waals surface area (Å²) < 4.78 is 62.6. The van der Waals surface area contributed by atoms with Crippen LogP contribution in [0.4, 0.5) is 8.78 Å². The Hall–Kier alpha value is -1.37. The Balaban J connectivity index is 1.89. The topological polar surface area (TPSA) is 83.5 Å². The minimum atomic E-state index is -4.01. The molecule has 0 aliphatic carbocycles. The molecule has 1 aromatic heterocycles. The third-order valence-electron chi connectivity index (χ3n) is 4.01. The summed E-state index contributed by atoms with van der Waals surface area (Å²) in [4.78, 5) is 7.06.